The first-order valence-corrected chi connectivity index (χ1v) is 7.53. The SMILES string of the molecule is Cc1ccc(C(N)=S)c(Nc2cc(C)c(Br)c(C)c2)c1. The van der Waals surface area contributed by atoms with Crippen molar-refractivity contribution in [2.24, 2.45) is 5.73 Å². The number of anilines is 2. The first-order chi connectivity index (χ1) is 9.38. The van der Waals surface area contributed by atoms with Gasteiger partial charge >= 0.3 is 0 Å². The summed E-state index contributed by atoms with van der Waals surface area (Å²) in [6, 6.07) is 10.2. The lowest BCUT2D eigenvalue weighted by molar-refractivity contribution is 1.33. The first-order valence-electron chi connectivity index (χ1n) is 6.32. The van der Waals surface area contributed by atoms with E-state index in [0.717, 1.165) is 27.0 Å². The molecule has 104 valence electrons. The molecule has 3 N–H and O–H groups in total. The lowest BCUT2D eigenvalue weighted by atomic mass is 10.1. The molecule has 0 spiro atoms. The summed E-state index contributed by atoms with van der Waals surface area (Å²) in [4.78, 5) is 0.401. The topological polar surface area (TPSA) is 38.0 Å². The van der Waals surface area contributed by atoms with Gasteiger partial charge < -0.3 is 11.1 Å². The number of hydrogen-bond acceptors (Lipinski definition) is 2. The Kier molecular flexibility index (Phi) is 4.45. The van der Waals surface area contributed by atoms with Crippen LogP contribution in [0.5, 0.6) is 0 Å². The van der Waals surface area contributed by atoms with Crippen LogP contribution in [0.2, 0.25) is 0 Å². The van der Waals surface area contributed by atoms with Crippen LogP contribution in [0, 0.1) is 20.8 Å². The Labute approximate surface area is 133 Å². The quantitative estimate of drug-likeness (QED) is 0.785. The molecule has 0 aliphatic carbocycles. The molecule has 2 aromatic carbocycles. The normalized spacial score (nSPS) is 10.4. The predicted molar refractivity (Wildman–Crippen MR) is 94.0 cm³/mol. The van der Waals surface area contributed by atoms with Crippen LogP contribution < -0.4 is 11.1 Å². The number of rotatable bonds is 3. The van der Waals surface area contributed by atoms with Crippen molar-refractivity contribution in [2.75, 3.05) is 5.32 Å². The third-order valence-electron chi connectivity index (χ3n) is 3.16. The second-order valence-corrected chi connectivity index (χ2v) is 6.20. The van der Waals surface area contributed by atoms with Crippen LogP contribution in [0.15, 0.2) is 34.8 Å². The van der Waals surface area contributed by atoms with Crippen molar-refractivity contribution in [1.29, 1.82) is 0 Å². The van der Waals surface area contributed by atoms with Crippen molar-refractivity contribution in [1.82, 2.24) is 0 Å². The van der Waals surface area contributed by atoms with Crippen molar-refractivity contribution in [3.8, 4) is 0 Å². The van der Waals surface area contributed by atoms with Gasteiger partial charge in [-0.05, 0) is 61.7 Å². The Morgan fingerprint density at radius 3 is 2.25 bits per heavy atom. The molecule has 0 aliphatic heterocycles. The minimum atomic E-state index is 0.401. The van der Waals surface area contributed by atoms with E-state index in [1.165, 1.54) is 11.1 Å². The van der Waals surface area contributed by atoms with Crippen LogP contribution in [-0.4, -0.2) is 4.99 Å². The van der Waals surface area contributed by atoms with E-state index in [4.69, 9.17) is 18.0 Å². The minimum absolute atomic E-state index is 0.401. The molecule has 0 unspecified atom stereocenters. The summed E-state index contributed by atoms with van der Waals surface area (Å²) in [7, 11) is 0. The van der Waals surface area contributed by atoms with Crippen LogP contribution in [0.25, 0.3) is 0 Å². The zero-order chi connectivity index (χ0) is 14.9. The van der Waals surface area contributed by atoms with E-state index >= 15 is 0 Å². The highest BCUT2D eigenvalue weighted by Crippen LogP contribution is 2.28. The van der Waals surface area contributed by atoms with E-state index in [2.05, 4.69) is 53.3 Å². The van der Waals surface area contributed by atoms with Gasteiger partial charge in [-0.1, -0.05) is 34.2 Å². The highest BCUT2D eigenvalue weighted by atomic mass is 79.9. The maximum absolute atomic E-state index is 5.79. The largest absolute Gasteiger partial charge is 0.389 e. The second-order valence-electron chi connectivity index (χ2n) is 4.96. The third kappa shape index (κ3) is 3.19. The van der Waals surface area contributed by atoms with Crippen molar-refractivity contribution in [3.63, 3.8) is 0 Å². The van der Waals surface area contributed by atoms with E-state index in [-0.39, 0.29) is 0 Å². The van der Waals surface area contributed by atoms with Gasteiger partial charge in [0.05, 0.1) is 0 Å². The van der Waals surface area contributed by atoms with Crippen LogP contribution in [-0.2, 0) is 0 Å². The van der Waals surface area contributed by atoms with Gasteiger partial charge in [0.1, 0.15) is 4.99 Å². The summed E-state index contributed by atoms with van der Waals surface area (Å²) >= 11 is 8.69. The molecule has 0 atom stereocenters. The fourth-order valence-electron chi connectivity index (χ4n) is 2.15. The van der Waals surface area contributed by atoms with E-state index in [9.17, 15) is 0 Å². The first kappa shape index (κ1) is 15.0. The average Bonchev–Trinajstić information content (AvgIpc) is 2.35. The molecular weight excluding hydrogens is 332 g/mol. The Hall–Kier alpha value is -1.39. The van der Waals surface area contributed by atoms with Crippen LogP contribution in [0.3, 0.4) is 0 Å². The van der Waals surface area contributed by atoms with E-state index in [1.54, 1.807) is 0 Å². The molecule has 0 amide bonds. The standard InChI is InChI=1S/C16H17BrN2S/c1-9-4-5-13(16(18)20)14(6-9)19-12-7-10(2)15(17)11(3)8-12/h4-8,19H,1-3H3,(H2,18,20). The Morgan fingerprint density at radius 1 is 1.10 bits per heavy atom. The molecule has 2 aromatic rings. The van der Waals surface area contributed by atoms with Crippen molar-refractivity contribution >= 4 is 44.5 Å². The lowest BCUT2D eigenvalue weighted by Crippen LogP contribution is -2.12. The second kappa shape index (κ2) is 5.94. The fraction of sp³-hybridized carbons (Fsp3) is 0.188. The number of benzene rings is 2. The van der Waals surface area contributed by atoms with E-state index in [0.29, 0.717) is 4.99 Å². The highest BCUT2D eigenvalue weighted by Gasteiger charge is 2.08. The summed E-state index contributed by atoms with van der Waals surface area (Å²) in [6.45, 7) is 6.20. The molecule has 2 rings (SSSR count). The monoisotopic (exact) mass is 348 g/mol. The highest BCUT2D eigenvalue weighted by molar-refractivity contribution is 9.10. The van der Waals surface area contributed by atoms with Gasteiger partial charge in [0, 0.05) is 21.4 Å². The number of hydrogen-bond donors (Lipinski definition) is 2. The molecule has 0 bridgehead atoms. The van der Waals surface area contributed by atoms with Gasteiger partial charge in [-0.25, -0.2) is 0 Å². The van der Waals surface area contributed by atoms with Gasteiger partial charge in [-0.2, -0.15) is 0 Å². The van der Waals surface area contributed by atoms with Crippen molar-refractivity contribution in [2.45, 2.75) is 20.8 Å². The molecule has 0 saturated carbocycles. The molecule has 0 aliphatic rings. The summed E-state index contributed by atoms with van der Waals surface area (Å²) in [5.74, 6) is 0. The Balaban J connectivity index is 2.44. The van der Waals surface area contributed by atoms with E-state index in [1.807, 2.05) is 19.1 Å². The molecule has 0 saturated heterocycles. The number of nitrogens with two attached hydrogens (primary N) is 1. The Morgan fingerprint density at radius 2 is 1.70 bits per heavy atom. The van der Waals surface area contributed by atoms with Crippen molar-refractivity contribution in [3.05, 3.63) is 57.1 Å². The minimum Gasteiger partial charge on any atom is -0.389 e. The Bertz CT molecular complexity index is 657. The average molecular weight is 349 g/mol. The van der Waals surface area contributed by atoms with Crippen LogP contribution in [0.4, 0.5) is 11.4 Å². The number of thiocarbonyl (C=S) groups is 1. The predicted octanol–water partition coefficient (Wildman–Crippen LogP) is 4.75. The lowest BCUT2D eigenvalue weighted by Gasteiger charge is -2.14. The van der Waals surface area contributed by atoms with Gasteiger partial charge in [0.2, 0.25) is 0 Å². The van der Waals surface area contributed by atoms with Crippen molar-refractivity contribution < 1.29 is 0 Å². The van der Waals surface area contributed by atoms with Gasteiger partial charge in [-0.15, -0.1) is 0 Å². The molecule has 0 radical (unpaired) electrons. The van der Waals surface area contributed by atoms with Gasteiger partial charge in [0.25, 0.3) is 0 Å². The smallest absolute Gasteiger partial charge is 0.106 e. The van der Waals surface area contributed by atoms with Crippen LogP contribution in [0.1, 0.15) is 22.3 Å². The third-order valence-corrected chi connectivity index (χ3v) is 4.63. The van der Waals surface area contributed by atoms with Gasteiger partial charge in [-0.3, -0.25) is 0 Å². The zero-order valence-corrected chi connectivity index (χ0v) is 14.2. The molecule has 0 heterocycles. The van der Waals surface area contributed by atoms with Gasteiger partial charge in [0.15, 0.2) is 0 Å². The zero-order valence-electron chi connectivity index (χ0n) is 11.8. The maximum Gasteiger partial charge on any atom is 0.106 e. The summed E-state index contributed by atoms with van der Waals surface area (Å²) in [6.07, 6.45) is 0. The van der Waals surface area contributed by atoms with E-state index < -0.39 is 0 Å². The molecule has 20 heavy (non-hydrogen) atoms. The summed E-state index contributed by atoms with van der Waals surface area (Å²) in [5.41, 5.74) is 12.2. The molecule has 4 heteroatoms. The number of halogens is 1. The maximum atomic E-state index is 5.79. The number of nitrogens with one attached hydrogen (secondary N) is 1. The molecule has 0 fully saturated rings. The fourth-order valence-corrected chi connectivity index (χ4v) is 2.56. The molecular formula is C16H17BrN2S. The molecule has 2 nitrogen and oxygen atoms in total. The van der Waals surface area contributed by atoms with Crippen LogP contribution >= 0.6 is 28.1 Å². The summed E-state index contributed by atoms with van der Waals surface area (Å²) < 4.78 is 1.14. The molecule has 0 aromatic heterocycles. The summed E-state index contributed by atoms with van der Waals surface area (Å²) in [5, 5.41) is 3.42. The number of aryl methyl sites for hydroxylation is 3.